The van der Waals surface area contributed by atoms with Gasteiger partial charge in [0.15, 0.2) is 0 Å². The Kier molecular flexibility index (Phi) is 6.90. The number of carboxylic acid groups (broad SMARTS) is 1. The van der Waals surface area contributed by atoms with Gasteiger partial charge in [-0.15, -0.1) is 0 Å². The number of carboxylic acids is 1. The van der Waals surface area contributed by atoms with E-state index in [0.29, 0.717) is 19.4 Å². The van der Waals surface area contributed by atoms with E-state index in [1.54, 1.807) is 7.11 Å². The smallest absolute Gasteiger partial charge is 0.326 e. The van der Waals surface area contributed by atoms with Gasteiger partial charge in [-0.3, -0.25) is 4.79 Å². The zero-order valence-electron chi connectivity index (χ0n) is 12.1. The molecule has 0 bridgehead atoms. The summed E-state index contributed by atoms with van der Waals surface area (Å²) >= 11 is 0. The fourth-order valence-electron chi connectivity index (χ4n) is 2.42. The quantitative estimate of drug-likeness (QED) is 0.563. The Bertz CT molecular complexity index is 323. The molecule has 0 aromatic carbocycles. The minimum atomic E-state index is -1.04. The van der Waals surface area contributed by atoms with E-state index < -0.39 is 17.4 Å². The maximum absolute atomic E-state index is 12.5. The first-order valence-electron chi connectivity index (χ1n) is 6.78. The molecule has 3 N–H and O–H groups in total. The highest BCUT2D eigenvalue weighted by Crippen LogP contribution is 2.29. The minimum Gasteiger partial charge on any atom is -0.480 e. The molecule has 20 heavy (non-hydrogen) atoms. The summed E-state index contributed by atoms with van der Waals surface area (Å²) in [5, 5.41) is 15.0. The molecule has 1 amide bonds. The largest absolute Gasteiger partial charge is 0.480 e. The third-order valence-corrected chi connectivity index (χ3v) is 3.68. The predicted octanol–water partition coefficient (Wildman–Crippen LogP) is -0.391. The predicted molar refractivity (Wildman–Crippen MR) is 72.5 cm³/mol. The van der Waals surface area contributed by atoms with E-state index in [1.807, 2.05) is 0 Å². The fraction of sp³-hybridized carbons (Fsp3) is 0.846. The second kappa shape index (κ2) is 8.18. The van der Waals surface area contributed by atoms with Gasteiger partial charge in [-0.05, 0) is 25.9 Å². The van der Waals surface area contributed by atoms with Crippen LogP contribution in [-0.2, 0) is 19.1 Å². The first-order chi connectivity index (χ1) is 9.55. The van der Waals surface area contributed by atoms with Crippen LogP contribution in [0, 0.1) is 5.41 Å². The number of amides is 1. The molecule has 0 aromatic heterocycles. The molecule has 1 aliphatic rings. The number of piperidine rings is 1. The summed E-state index contributed by atoms with van der Waals surface area (Å²) in [6.45, 7) is 2.05. The Labute approximate surface area is 119 Å². The molecule has 1 heterocycles. The van der Waals surface area contributed by atoms with Crippen molar-refractivity contribution in [3.05, 3.63) is 0 Å². The highest BCUT2D eigenvalue weighted by Gasteiger charge is 2.41. The number of carbonyl (C=O) groups is 2. The lowest BCUT2D eigenvalue weighted by molar-refractivity contribution is -0.146. The molecule has 1 unspecified atom stereocenters. The molecule has 0 aromatic rings. The highest BCUT2D eigenvalue weighted by atomic mass is 16.5. The van der Waals surface area contributed by atoms with Gasteiger partial charge in [0, 0.05) is 27.2 Å². The number of methoxy groups -OCH3 is 2. The molecule has 0 aliphatic carbocycles. The Morgan fingerprint density at radius 3 is 2.45 bits per heavy atom. The van der Waals surface area contributed by atoms with Crippen molar-refractivity contribution < 1.29 is 24.2 Å². The summed E-state index contributed by atoms with van der Waals surface area (Å²) in [6.07, 6.45) is 1.53. The van der Waals surface area contributed by atoms with Crippen LogP contribution in [0.4, 0.5) is 0 Å². The van der Waals surface area contributed by atoms with Crippen LogP contribution < -0.4 is 10.6 Å². The Morgan fingerprint density at radius 1 is 1.30 bits per heavy atom. The molecule has 1 fully saturated rings. The normalized spacial score (nSPS) is 19.3. The molecule has 0 radical (unpaired) electrons. The number of aliphatic carboxylic acids is 1. The van der Waals surface area contributed by atoms with Crippen LogP contribution >= 0.6 is 0 Å². The SMILES string of the molecule is COCCC(NC(=O)C1(COC)CCNCC1)C(=O)O. The van der Waals surface area contributed by atoms with Crippen LogP contribution in [0.15, 0.2) is 0 Å². The van der Waals surface area contributed by atoms with Gasteiger partial charge >= 0.3 is 5.97 Å². The van der Waals surface area contributed by atoms with Crippen molar-refractivity contribution in [1.29, 1.82) is 0 Å². The van der Waals surface area contributed by atoms with E-state index in [1.165, 1.54) is 7.11 Å². The first-order valence-corrected chi connectivity index (χ1v) is 6.78. The van der Waals surface area contributed by atoms with E-state index in [-0.39, 0.29) is 18.9 Å². The van der Waals surface area contributed by atoms with Crippen LogP contribution in [0.2, 0.25) is 0 Å². The topological polar surface area (TPSA) is 96.9 Å². The second-order valence-electron chi connectivity index (χ2n) is 5.11. The van der Waals surface area contributed by atoms with Gasteiger partial charge in [-0.25, -0.2) is 4.79 Å². The summed E-state index contributed by atoms with van der Waals surface area (Å²) < 4.78 is 10.0. The van der Waals surface area contributed by atoms with Gasteiger partial charge in [-0.2, -0.15) is 0 Å². The van der Waals surface area contributed by atoms with Gasteiger partial charge in [0.2, 0.25) is 5.91 Å². The standard InChI is InChI=1S/C13H24N2O5/c1-19-8-3-10(11(16)17)15-12(18)13(9-20-2)4-6-14-7-5-13/h10,14H,3-9H2,1-2H3,(H,15,18)(H,16,17). The van der Waals surface area contributed by atoms with Crippen LogP contribution in [0.1, 0.15) is 19.3 Å². The number of hydrogen-bond acceptors (Lipinski definition) is 5. The zero-order chi connectivity index (χ0) is 15.0. The van der Waals surface area contributed by atoms with Crippen LogP contribution in [0.3, 0.4) is 0 Å². The molecule has 7 nitrogen and oxygen atoms in total. The van der Waals surface area contributed by atoms with Crippen LogP contribution in [0.5, 0.6) is 0 Å². The van der Waals surface area contributed by atoms with Crippen molar-refractivity contribution in [3.8, 4) is 0 Å². The van der Waals surface area contributed by atoms with Crippen molar-refractivity contribution in [3.63, 3.8) is 0 Å². The monoisotopic (exact) mass is 288 g/mol. The van der Waals surface area contributed by atoms with Crippen LogP contribution in [-0.4, -0.2) is 63.5 Å². The number of ether oxygens (including phenoxy) is 2. The van der Waals surface area contributed by atoms with Crippen molar-refractivity contribution in [2.75, 3.05) is 40.5 Å². The maximum atomic E-state index is 12.5. The van der Waals surface area contributed by atoms with Gasteiger partial charge in [0.25, 0.3) is 0 Å². The van der Waals surface area contributed by atoms with Gasteiger partial charge in [0.1, 0.15) is 6.04 Å². The van der Waals surface area contributed by atoms with E-state index in [9.17, 15) is 9.59 Å². The average molecular weight is 288 g/mol. The molecule has 0 saturated carbocycles. The molecule has 7 heteroatoms. The first kappa shape index (κ1) is 16.9. The Morgan fingerprint density at radius 2 is 1.95 bits per heavy atom. The highest BCUT2D eigenvalue weighted by molar-refractivity contribution is 5.87. The molecular weight excluding hydrogens is 264 g/mol. The molecule has 0 spiro atoms. The zero-order valence-corrected chi connectivity index (χ0v) is 12.1. The average Bonchev–Trinajstić information content (AvgIpc) is 2.44. The van der Waals surface area contributed by atoms with Crippen molar-refractivity contribution in [2.45, 2.75) is 25.3 Å². The van der Waals surface area contributed by atoms with Gasteiger partial charge in [-0.1, -0.05) is 0 Å². The summed E-state index contributed by atoms with van der Waals surface area (Å²) in [7, 11) is 3.05. The number of hydrogen-bond donors (Lipinski definition) is 3. The lowest BCUT2D eigenvalue weighted by atomic mass is 9.78. The molecule has 1 saturated heterocycles. The number of rotatable bonds is 8. The summed E-state index contributed by atoms with van der Waals surface area (Å²) in [4.78, 5) is 23.6. The summed E-state index contributed by atoms with van der Waals surface area (Å²) in [5.74, 6) is -1.29. The number of carbonyl (C=O) groups excluding carboxylic acids is 1. The van der Waals surface area contributed by atoms with Gasteiger partial charge in [0.05, 0.1) is 12.0 Å². The van der Waals surface area contributed by atoms with Crippen LogP contribution in [0.25, 0.3) is 0 Å². The molecule has 1 atom stereocenters. The lowest BCUT2D eigenvalue weighted by Crippen LogP contribution is -2.54. The molecule has 1 rings (SSSR count). The third kappa shape index (κ3) is 4.43. The second-order valence-corrected chi connectivity index (χ2v) is 5.11. The minimum absolute atomic E-state index is 0.246. The van der Waals surface area contributed by atoms with Crippen molar-refractivity contribution in [2.24, 2.45) is 5.41 Å². The Balaban J connectivity index is 2.70. The van der Waals surface area contributed by atoms with E-state index >= 15 is 0 Å². The van der Waals surface area contributed by atoms with Crippen molar-refractivity contribution >= 4 is 11.9 Å². The Hall–Kier alpha value is -1.18. The number of nitrogens with one attached hydrogen (secondary N) is 2. The molecular formula is C13H24N2O5. The molecule has 1 aliphatic heterocycles. The lowest BCUT2D eigenvalue weighted by Gasteiger charge is -2.36. The van der Waals surface area contributed by atoms with E-state index in [0.717, 1.165) is 13.1 Å². The van der Waals surface area contributed by atoms with E-state index in [4.69, 9.17) is 14.6 Å². The van der Waals surface area contributed by atoms with Crippen molar-refractivity contribution in [1.82, 2.24) is 10.6 Å². The third-order valence-electron chi connectivity index (χ3n) is 3.68. The van der Waals surface area contributed by atoms with E-state index in [2.05, 4.69) is 10.6 Å². The summed E-state index contributed by atoms with van der Waals surface area (Å²) in [5.41, 5.74) is -0.638. The fourth-order valence-corrected chi connectivity index (χ4v) is 2.42. The van der Waals surface area contributed by atoms with Gasteiger partial charge < -0.3 is 25.2 Å². The summed E-state index contributed by atoms with van der Waals surface area (Å²) in [6, 6.07) is -0.925. The maximum Gasteiger partial charge on any atom is 0.326 e. The molecule has 116 valence electrons.